The number of likely N-dealkylation sites (N-methyl/N-ethyl adjacent to an activating group) is 1. The number of methoxy groups -OCH3 is 1. The molecular formula is C26H34FN5O3S. The minimum Gasteiger partial charge on any atom is -0.383 e. The number of sulfonamides is 1. The van der Waals surface area contributed by atoms with Crippen molar-refractivity contribution in [1.82, 2.24) is 19.0 Å². The molecule has 2 aromatic carbocycles. The molecule has 0 saturated carbocycles. The molecule has 0 atom stereocenters. The van der Waals surface area contributed by atoms with E-state index >= 15 is 0 Å². The normalized spacial score (nSPS) is 15.1. The summed E-state index contributed by atoms with van der Waals surface area (Å²) in [4.78, 5) is 4.75. The second-order valence-corrected chi connectivity index (χ2v) is 10.8. The van der Waals surface area contributed by atoms with Crippen LogP contribution in [0, 0.1) is 12.7 Å². The number of para-hydroxylation sites is 1. The molecule has 0 N–H and O–H groups in total. The Morgan fingerprint density at radius 3 is 2.31 bits per heavy atom. The van der Waals surface area contributed by atoms with Crippen molar-refractivity contribution in [1.29, 1.82) is 0 Å². The summed E-state index contributed by atoms with van der Waals surface area (Å²) in [6.45, 7) is 9.10. The van der Waals surface area contributed by atoms with Crippen LogP contribution in [-0.2, 0) is 21.3 Å². The summed E-state index contributed by atoms with van der Waals surface area (Å²) in [6, 6.07) is 14.8. The molecule has 36 heavy (non-hydrogen) atoms. The smallest absolute Gasteiger partial charge is 0.243 e. The molecule has 0 aliphatic carbocycles. The molecule has 1 fully saturated rings. The van der Waals surface area contributed by atoms with Gasteiger partial charge in [-0.3, -0.25) is 0 Å². The molecular weight excluding hydrogens is 481 g/mol. The molecule has 0 spiro atoms. The molecule has 1 saturated heterocycles. The van der Waals surface area contributed by atoms with Gasteiger partial charge in [-0.15, -0.1) is 0 Å². The van der Waals surface area contributed by atoms with E-state index in [4.69, 9.17) is 9.84 Å². The quantitative estimate of drug-likeness (QED) is 0.413. The first-order valence-corrected chi connectivity index (χ1v) is 13.6. The maximum atomic E-state index is 13.6. The number of anilines is 1. The number of benzene rings is 2. The van der Waals surface area contributed by atoms with E-state index in [1.165, 1.54) is 28.6 Å². The fraction of sp³-hybridized carbons (Fsp3) is 0.423. The van der Waals surface area contributed by atoms with Gasteiger partial charge < -0.3 is 14.5 Å². The maximum Gasteiger partial charge on any atom is 0.243 e. The van der Waals surface area contributed by atoms with E-state index in [9.17, 15) is 12.8 Å². The number of ether oxygens (including phenoxy) is 1. The van der Waals surface area contributed by atoms with Crippen molar-refractivity contribution in [3.05, 3.63) is 71.7 Å². The van der Waals surface area contributed by atoms with Gasteiger partial charge in [0.1, 0.15) is 11.6 Å². The average molecular weight is 516 g/mol. The largest absolute Gasteiger partial charge is 0.383 e. The van der Waals surface area contributed by atoms with E-state index in [-0.39, 0.29) is 24.6 Å². The monoisotopic (exact) mass is 515 g/mol. The standard InChI is InChI=1S/C26H34FN5O3S/c1-4-29-14-16-30(17-15-29)26-25(21(2)28-32(26)23-8-6-5-7-9-23)20-31(18-19-35-3)36(33,34)24-12-10-22(27)11-13-24/h5-13H,4,14-20H2,1-3H3. The number of hydrogen-bond donors (Lipinski definition) is 0. The van der Waals surface area contributed by atoms with E-state index in [1.54, 1.807) is 7.11 Å². The van der Waals surface area contributed by atoms with Crippen LogP contribution in [0.25, 0.3) is 5.69 Å². The Morgan fingerprint density at radius 1 is 1.03 bits per heavy atom. The Bertz CT molecular complexity index is 1240. The van der Waals surface area contributed by atoms with Crippen molar-refractivity contribution in [2.45, 2.75) is 25.3 Å². The van der Waals surface area contributed by atoms with Gasteiger partial charge in [-0.05, 0) is 49.9 Å². The zero-order valence-corrected chi connectivity index (χ0v) is 21.9. The molecule has 8 nitrogen and oxygen atoms in total. The van der Waals surface area contributed by atoms with Crippen molar-refractivity contribution in [2.75, 3.05) is 57.9 Å². The van der Waals surface area contributed by atoms with Gasteiger partial charge in [0.05, 0.1) is 22.9 Å². The van der Waals surface area contributed by atoms with Crippen molar-refractivity contribution in [3.63, 3.8) is 0 Å². The third-order valence-corrected chi connectivity index (χ3v) is 8.47. The lowest BCUT2D eigenvalue weighted by atomic mass is 10.2. The molecule has 1 aliphatic heterocycles. The summed E-state index contributed by atoms with van der Waals surface area (Å²) >= 11 is 0. The SMILES string of the molecule is CCN1CCN(c2c(CN(CCOC)S(=O)(=O)c3ccc(F)cc3)c(C)nn2-c2ccccc2)CC1. The minimum atomic E-state index is -3.90. The molecule has 2 heterocycles. The number of piperazine rings is 1. The third-order valence-electron chi connectivity index (χ3n) is 6.61. The van der Waals surface area contributed by atoms with Gasteiger partial charge in [0.25, 0.3) is 0 Å². The predicted octanol–water partition coefficient (Wildman–Crippen LogP) is 3.30. The van der Waals surface area contributed by atoms with Gasteiger partial charge in [0.15, 0.2) is 0 Å². The first kappa shape index (κ1) is 26.3. The third kappa shape index (κ3) is 5.62. The van der Waals surface area contributed by atoms with Gasteiger partial charge in [0, 0.05) is 51.9 Å². The number of rotatable bonds is 10. The lowest BCUT2D eigenvalue weighted by Gasteiger charge is -2.36. The second-order valence-electron chi connectivity index (χ2n) is 8.84. The number of halogens is 1. The molecule has 3 aromatic rings. The van der Waals surface area contributed by atoms with Crippen molar-refractivity contribution < 1.29 is 17.5 Å². The summed E-state index contributed by atoms with van der Waals surface area (Å²) in [7, 11) is -2.36. The highest BCUT2D eigenvalue weighted by atomic mass is 32.2. The fourth-order valence-corrected chi connectivity index (χ4v) is 5.88. The van der Waals surface area contributed by atoms with Crippen LogP contribution in [0.4, 0.5) is 10.2 Å². The van der Waals surface area contributed by atoms with Gasteiger partial charge in [0.2, 0.25) is 10.0 Å². The van der Waals surface area contributed by atoms with E-state index in [1.807, 2.05) is 41.9 Å². The molecule has 0 bridgehead atoms. The number of nitrogens with zero attached hydrogens (tertiary/aromatic N) is 5. The van der Waals surface area contributed by atoms with Crippen LogP contribution in [0.15, 0.2) is 59.5 Å². The fourth-order valence-electron chi connectivity index (χ4n) is 4.49. The Morgan fingerprint density at radius 2 is 1.69 bits per heavy atom. The topological polar surface area (TPSA) is 70.9 Å². The summed E-state index contributed by atoms with van der Waals surface area (Å²) in [6.07, 6.45) is 0. The summed E-state index contributed by atoms with van der Waals surface area (Å²) in [5, 5.41) is 4.85. The zero-order valence-electron chi connectivity index (χ0n) is 21.1. The first-order valence-electron chi connectivity index (χ1n) is 12.2. The number of hydrogen-bond acceptors (Lipinski definition) is 6. The highest BCUT2D eigenvalue weighted by Gasteiger charge is 2.30. The lowest BCUT2D eigenvalue weighted by molar-refractivity contribution is 0.177. The summed E-state index contributed by atoms with van der Waals surface area (Å²) in [5.41, 5.74) is 2.54. The molecule has 1 aliphatic rings. The Balaban J connectivity index is 1.76. The van der Waals surface area contributed by atoms with Gasteiger partial charge >= 0.3 is 0 Å². The van der Waals surface area contributed by atoms with Crippen LogP contribution >= 0.6 is 0 Å². The Labute approximate surface area is 212 Å². The van der Waals surface area contributed by atoms with E-state index in [0.29, 0.717) is 0 Å². The summed E-state index contributed by atoms with van der Waals surface area (Å²) < 4.78 is 49.3. The zero-order chi connectivity index (χ0) is 25.7. The van der Waals surface area contributed by atoms with Crippen LogP contribution < -0.4 is 4.90 Å². The van der Waals surface area contributed by atoms with Crippen molar-refractivity contribution >= 4 is 15.8 Å². The molecule has 10 heteroatoms. The molecule has 194 valence electrons. The minimum absolute atomic E-state index is 0.0474. The van der Waals surface area contributed by atoms with Crippen LogP contribution in [0.2, 0.25) is 0 Å². The summed E-state index contributed by atoms with van der Waals surface area (Å²) in [5.74, 6) is 0.428. The van der Waals surface area contributed by atoms with Crippen LogP contribution in [-0.4, -0.2) is 80.4 Å². The highest BCUT2D eigenvalue weighted by Crippen LogP contribution is 2.31. The highest BCUT2D eigenvalue weighted by molar-refractivity contribution is 7.89. The van der Waals surface area contributed by atoms with Crippen LogP contribution in [0.1, 0.15) is 18.2 Å². The van der Waals surface area contributed by atoms with Crippen LogP contribution in [0.5, 0.6) is 0 Å². The number of aryl methyl sites for hydroxylation is 1. The van der Waals surface area contributed by atoms with E-state index in [0.717, 1.165) is 55.5 Å². The molecule has 0 radical (unpaired) electrons. The van der Waals surface area contributed by atoms with Gasteiger partial charge in [-0.1, -0.05) is 25.1 Å². The molecule has 0 amide bonds. The number of aromatic nitrogens is 2. The molecule has 4 rings (SSSR count). The van der Waals surface area contributed by atoms with Gasteiger partial charge in [-0.2, -0.15) is 9.40 Å². The van der Waals surface area contributed by atoms with E-state index < -0.39 is 15.8 Å². The molecule has 1 aromatic heterocycles. The van der Waals surface area contributed by atoms with Gasteiger partial charge in [-0.25, -0.2) is 17.5 Å². The second kappa shape index (κ2) is 11.5. The molecule has 0 unspecified atom stereocenters. The predicted molar refractivity (Wildman–Crippen MR) is 138 cm³/mol. The Hall–Kier alpha value is -2.79. The maximum absolute atomic E-state index is 13.6. The van der Waals surface area contributed by atoms with Crippen molar-refractivity contribution in [3.8, 4) is 5.69 Å². The van der Waals surface area contributed by atoms with E-state index in [2.05, 4.69) is 16.7 Å². The van der Waals surface area contributed by atoms with Crippen molar-refractivity contribution in [2.24, 2.45) is 0 Å². The first-order chi connectivity index (χ1) is 17.3. The lowest BCUT2D eigenvalue weighted by Crippen LogP contribution is -2.47. The Kier molecular flexibility index (Phi) is 8.40. The van der Waals surface area contributed by atoms with Crippen LogP contribution in [0.3, 0.4) is 0 Å². The average Bonchev–Trinajstić information content (AvgIpc) is 3.22.